The summed E-state index contributed by atoms with van der Waals surface area (Å²) in [6.45, 7) is 0.0525. The number of carbonyl (C=O) groups is 6. The van der Waals surface area contributed by atoms with Crippen molar-refractivity contribution in [3.8, 4) is 5.75 Å². The van der Waals surface area contributed by atoms with Crippen LogP contribution in [0.1, 0.15) is 37.7 Å². The van der Waals surface area contributed by atoms with Gasteiger partial charge in [-0.15, -0.1) is 0 Å². The Labute approximate surface area is 234 Å². The second-order valence-corrected chi connectivity index (χ2v) is 9.05. The van der Waals surface area contributed by atoms with Crippen molar-refractivity contribution in [2.45, 2.75) is 62.7 Å². The van der Waals surface area contributed by atoms with Crippen molar-refractivity contribution < 1.29 is 44.1 Å². The number of rotatable bonds is 18. The Bertz CT molecular complexity index is 1120. The summed E-state index contributed by atoms with van der Waals surface area (Å²) in [7, 11) is 0. The SMILES string of the molecule is NC(=O)CC(NC(=O)C(N)Cc1ccc(O)cc1)C(=O)NC(CCCN=C(N)N)C(=O)NC(CCC(=O)O)C(=O)O. The molecule has 0 saturated carbocycles. The van der Waals surface area contributed by atoms with Crippen LogP contribution in [-0.4, -0.2) is 87.6 Å². The lowest BCUT2D eigenvalue weighted by Crippen LogP contribution is -2.58. The highest BCUT2D eigenvalue weighted by molar-refractivity contribution is 5.96. The van der Waals surface area contributed by atoms with Crippen molar-refractivity contribution in [1.82, 2.24) is 16.0 Å². The van der Waals surface area contributed by atoms with Gasteiger partial charge in [-0.05, 0) is 43.4 Å². The Kier molecular flexibility index (Phi) is 14.1. The molecule has 4 unspecified atom stereocenters. The minimum Gasteiger partial charge on any atom is -0.508 e. The first-order valence-electron chi connectivity index (χ1n) is 12.4. The second-order valence-electron chi connectivity index (χ2n) is 9.05. The lowest BCUT2D eigenvalue weighted by Gasteiger charge is -2.24. The van der Waals surface area contributed by atoms with E-state index in [-0.39, 0.29) is 37.5 Å². The molecule has 1 aromatic carbocycles. The van der Waals surface area contributed by atoms with Crippen LogP contribution in [0.25, 0.3) is 0 Å². The van der Waals surface area contributed by atoms with Crippen LogP contribution in [0.3, 0.4) is 0 Å². The molecule has 0 aliphatic carbocycles. The second kappa shape index (κ2) is 16.9. The molecule has 0 heterocycles. The van der Waals surface area contributed by atoms with E-state index in [1.54, 1.807) is 12.1 Å². The van der Waals surface area contributed by atoms with Crippen LogP contribution in [0.5, 0.6) is 5.75 Å². The van der Waals surface area contributed by atoms with Crippen LogP contribution in [-0.2, 0) is 35.2 Å². The molecule has 17 heteroatoms. The average molecular weight is 581 g/mol. The molecule has 41 heavy (non-hydrogen) atoms. The van der Waals surface area contributed by atoms with Gasteiger partial charge < -0.3 is 54.2 Å². The molecule has 0 aliphatic heterocycles. The number of carbonyl (C=O) groups excluding carboxylic acids is 4. The maximum absolute atomic E-state index is 13.1. The highest BCUT2D eigenvalue weighted by Gasteiger charge is 2.31. The first-order chi connectivity index (χ1) is 19.2. The van der Waals surface area contributed by atoms with E-state index in [0.717, 1.165) is 0 Å². The average Bonchev–Trinajstić information content (AvgIpc) is 2.88. The van der Waals surface area contributed by atoms with Gasteiger partial charge in [0.2, 0.25) is 23.6 Å². The Balaban J connectivity index is 3.04. The Morgan fingerprint density at radius 3 is 1.90 bits per heavy atom. The molecule has 0 spiro atoms. The van der Waals surface area contributed by atoms with Gasteiger partial charge in [0.1, 0.15) is 23.9 Å². The third kappa shape index (κ3) is 13.6. The Morgan fingerprint density at radius 2 is 1.37 bits per heavy atom. The van der Waals surface area contributed by atoms with E-state index in [4.69, 9.17) is 28.0 Å². The number of hydrogen-bond acceptors (Lipinski definition) is 9. The van der Waals surface area contributed by atoms with Gasteiger partial charge in [-0.2, -0.15) is 0 Å². The molecule has 0 aromatic heterocycles. The smallest absolute Gasteiger partial charge is 0.326 e. The van der Waals surface area contributed by atoms with Gasteiger partial charge in [0.25, 0.3) is 0 Å². The molecule has 1 rings (SSSR count). The van der Waals surface area contributed by atoms with E-state index in [1.807, 2.05) is 0 Å². The minimum absolute atomic E-state index is 0.0124. The number of aromatic hydroxyl groups is 1. The van der Waals surface area contributed by atoms with Crippen molar-refractivity contribution in [2.75, 3.05) is 6.54 Å². The molecule has 0 saturated heterocycles. The van der Waals surface area contributed by atoms with Gasteiger partial charge in [0.05, 0.1) is 12.5 Å². The molecule has 0 bridgehead atoms. The summed E-state index contributed by atoms with van der Waals surface area (Å²) in [5.41, 5.74) is 22.3. The van der Waals surface area contributed by atoms with Crippen LogP contribution < -0.4 is 38.9 Å². The summed E-state index contributed by atoms with van der Waals surface area (Å²) in [6, 6.07) is 0.228. The van der Waals surface area contributed by atoms with Crippen molar-refractivity contribution in [3.63, 3.8) is 0 Å². The van der Waals surface area contributed by atoms with E-state index in [2.05, 4.69) is 20.9 Å². The highest BCUT2D eigenvalue weighted by Crippen LogP contribution is 2.11. The summed E-state index contributed by atoms with van der Waals surface area (Å²) in [5.74, 6) is -6.70. The zero-order valence-corrected chi connectivity index (χ0v) is 22.1. The van der Waals surface area contributed by atoms with Crippen LogP contribution in [0.15, 0.2) is 29.3 Å². The van der Waals surface area contributed by atoms with E-state index in [0.29, 0.717) is 5.56 Å². The fourth-order valence-corrected chi connectivity index (χ4v) is 3.51. The molecule has 17 nitrogen and oxygen atoms in total. The molecule has 0 fully saturated rings. The fraction of sp³-hybridized carbons (Fsp3) is 0.458. The summed E-state index contributed by atoms with van der Waals surface area (Å²) < 4.78 is 0. The molecular formula is C24H36N8O9. The first kappa shape index (κ1) is 34.1. The zero-order chi connectivity index (χ0) is 31.1. The maximum atomic E-state index is 13.1. The minimum atomic E-state index is -1.57. The summed E-state index contributed by atoms with van der Waals surface area (Å²) in [4.78, 5) is 76.5. The normalized spacial score (nSPS) is 13.5. The number of amides is 4. The number of aliphatic imine (C=N–C) groups is 1. The number of carboxylic acid groups (broad SMARTS) is 2. The summed E-state index contributed by atoms with van der Waals surface area (Å²) >= 11 is 0. The third-order valence-electron chi connectivity index (χ3n) is 5.61. The van der Waals surface area contributed by atoms with Crippen molar-refractivity contribution in [3.05, 3.63) is 29.8 Å². The van der Waals surface area contributed by atoms with E-state index < -0.39 is 79.0 Å². The van der Waals surface area contributed by atoms with E-state index in [9.17, 15) is 39.0 Å². The van der Waals surface area contributed by atoms with Gasteiger partial charge in [-0.25, -0.2) is 4.79 Å². The number of nitrogens with two attached hydrogens (primary N) is 4. The van der Waals surface area contributed by atoms with E-state index >= 15 is 0 Å². The predicted molar refractivity (Wildman–Crippen MR) is 144 cm³/mol. The topological polar surface area (TPSA) is 316 Å². The third-order valence-corrected chi connectivity index (χ3v) is 5.61. The number of nitrogens with one attached hydrogen (secondary N) is 3. The van der Waals surface area contributed by atoms with Crippen molar-refractivity contribution in [1.29, 1.82) is 0 Å². The number of benzene rings is 1. The molecule has 1 aromatic rings. The Hall–Kier alpha value is -4.93. The van der Waals surface area contributed by atoms with Crippen LogP contribution in [0.4, 0.5) is 0 Å². The molecule has 0 radical (unpaired) electrons. The fourth-order valence-electron chi connectivity index (χ4n) is 3.51. The summed E-state index contributed by atoms with van der Waals surface area (Å²) in [6.07, 6.45) is -1.55. The molecule has 0 aliphatic rings. The van der Waals surface area contributed by atoms with Gasteiger partial charge in [0.15, 0.2) is 5.96 Å². The van der Waals surface area contributed by atoms with Crippen molar-refractivity contribution in [2.24, 2.45) is 27.9 Å². The summed E-state index contributed by atoms with van der Waals surface area (Å²) in [5, 5.41) is 34.5. The van der Waals surface area contributed by atoms with Crippen LogP contribution >= 0.6 is 0 Å². The van der Waals surface area contributed by atoms with Crippen LogP contribution in [0.2, 0.25) is 0 Å². The standard InChI is InChI=1S/C24H36N8O9/c25-14(10-12-3-5-13(33)6-4-12)20(37)32-17(11-18(26)34)22(39)30-15(2-1-9-29-24(27)28)21(38)31-16(23(40)41)7-8-19(35)36/h3-6,14-17,33H,1-2,7-11,25H2,(H2,26,34)(H,30,39)(H,31,38)(H,32,37)(H,35,36)(H,40,41)(H4,27,28,29). The molecule has 226 valence electrons. The number of hydrogen-bond donors (Lipinski definition) is 10. The molecule has 4 amide bonds. The van der Waals surface area contributed by atoms with Crippen LogP contribution in [0, 0.1) is 0 Å². The number of phenolic OH excluding ortho intramolecular Hbond substituents is 1. The zero-order valence-electron chi connectivity index (χ0n) is 22.1. The monoisotopic (exact) mass is 580 g/mol. The first-order valence-corrected chi connectivity index (χ1v) is 12.4. The van der Waals surface area contributed by atoms with Gasteiger partial charge >= 0.3 is 11.9 Å². The quantitative estimate of drug-likeness (QED) is 0.0461. The Morgan fingerprint density at radius 1 is 0.805 bits per heavy atom. The predicted octanol–water partition coefficient (Wildman–Crippen LogP) is -3.41. The van der Waals surface area contributed by atoms with Gasteiger partial charge in [-0.3, -0.25) is 29.0 Å². The van der Waals surface area contributed by atoms with Gasteiger partial charge in [-0.1, -0.05) is 12.1 Å². The number of aliphatic carboxylic acids is 2. The van der Waals surface area contributed by atoms with Gasteiger partial charge in [0, 0.05) is 13.0 Å². The maximum Gasteiger partial charge on any atom is 0.326 e. The number of carboxylic acids is 2. The van der Waals surface area contributed by atoms with Crippen molar-refractivity contribution >= 4 is 41.5 Å². The molecule has 14 N–H and O–H groups in total. The molecular weight excluding hydrogens is 544 g/mol. The largest absolute Gasteiger partial charge is 0.508 e. The lowest BCUT2D eigenvalue weighted by atomic mass is 10.0. The molecule has 4 atom stereocenters. The highest BCUT2D eigenvalue weighted by atomic mass is 16.4. The van der Waals surface area contributed by atoms with E-state index in [1.165, 1.54) is 12.1 Å². The number of phenols is 1. The number of primary amides is 1. The number of guanidine groups is 1. The lowest BCUT2D eigenvalue weighted by molar-refractivity contribution is -0.143. The number of nitrogens with zero attached hydrogens (tertiary/aromatic N) is 1.